The molecule has 0 unspecified atom stereocenters. The molecular weight excluding hydrogens is 316 g/mol. The monoisotopic (exact) mass is 330 g/mol. The van der Waals surface area contributed by atoms with Crippen molar-refractivity contribution in [2.45, 2.75) is 13.3 Å². The fourth-order valence-electron chi connectivity index (χ4n) is 2.17. The van der Waals surface area contributed by atoms with Gasteiger partial charge in [-0.1, -0.05) is 19.1 Å². The van der Waals surface area contributed by atoms with E-state index in [9.17, 15) is 0 Å². The third-order valence-electron chi connectivity index (χ3n) is 3.14. The number of rotatable bonds is 4. The van der Waals surface area contributed by atoms with Crippen LogP contribution in [0.5, 0.6) is 5.75 Å². The van der Waals surface area contributed by atoms with Gasteiger partial charge in [-0.25, -0.2) is 4.98 Å². The molecule has 102 valence electrons. The zero-order chi connectivity index (χ0) is 13.9. The van der Waals surface area contributed by atoms with E-state index >= 15 is 0 Å². The van der Waals surface area contributed by atoms with Crippen molar-refractivity contribution in [3.8, 4) is 16.9 Å². The lowest BCUT2D eigenvalue weighted by atomic mass is 10.1. The summed E-state index contributed by atoms with van der Waals surface area (Å²) in [6.07, 6.45) is 4.81. The predicted octanol–water partition coefficient (Wildman–Crippen LogP) is 4.78. The first-order valence-electron chi connectivity index (χ1n) is 6.64. The van der Waals surface area contributed by atoms with Gasteiger partial charge in [-0.2, -0.15) is 0 Å². The molecule has 0 aliphatic heterocycles. The molecule has 0 bridgehead atoms. The van der Waals surface area contributed by atoms with E-state index in [0.717, 1.165) is 45.4 Å². The number of nitrogens with one attached hydrogen (secondary N) is 1. The van der Waals surface area contributed by atoms with E-state index in [2.05, 4.69) is 51.0 Å². The zero-order valence-electron chi connectivity index (χ0n) is 11.2. The molecule has 0 radical (unpaired) electrons. The fraction of sp³-hybridized carbons (Fsp3) is 0.188. The molecule has 0 aliphatic carbocycles. The molecule has 3 nitrogen and oxygen atoms in total. The molecule has 2 heterocycles. The van der Waals surface area contributed by atoms with E-state index in [4.69, 9.17) is 4.74 Å². The highest BCUT2D eigenvalue weighted by molar-refractivity contribution is 9.10. The van der Waals surface area contributed by atoms with Crippen LogP contribution >= 0.6 is 15.9 Å². The smallest absolute Gasteiger partial charge is 0.137 e. The summed E-state index contributed by atoms with van der Waals surface area (Å²) in [6.45, 7) is 2.86. The number of ether oxygens (including phenoxy) is 1. The van der Waals surface area contributed by atoms with E-state index in [1.165, 1.54) is 0 Å². The van der Waals surface area contributed by atoms with Gasteiger partial charge in [-0.3, -0.25) is 0 Å². The van der Waals surface area contributed by atoms with Crippen LogP contribution in [0.4, 0.5) is 0 Å². The molecule has 0 spiro atoms. The van der Waals surface area contributed by atoms with Crippen molar-refractivity contribution in [3.63, 3.8) is 0 Å². The SMILES string of the molecule is CCCOc1ccc(-c2c[nH]c3ncc(Br)cc23)cc1. The molecule has 4 heteroatoms. The van der Waals surface area contributed by atoms with Crippen molar-refractivity contribution >= 4 is 27.0 Å². The highest BCUT2D eigenvalue weighted by Gasteiger charge is 2.07. The van der Waals surface area contributed by atoms with E-state index in [-0.39, 0.29) is 0 Å². The van der Waals surface area contributed by atoms with Crippen molar-refractivity contribution in [3.05, 3.63) is 47.2 Å². The van der Waals surface area contributed by atoms with Crippen LogP contribution in [-0.2, 0) is 0 Å². The summed E-state index contributed by atoms with van der Waals surface area (Å²) in [5.74, 6) is 0.912. The van der Waals surface area contributed by atoms with E-state index in [1.807, 2.05) is 18.3 Å². The highest BCUT2D eigenvalue weighted by Crippen LogP contribution is 2.30. The number of aromatic amines is 1. The Morgan fingerprint density at radius 3 is 2.80 bits per heavy atom. The van der Waals surface area contributed by atoms with Crippen LogP contribution in [0.15, 0.2) is 47.2 Å². The van der Waals surface area contributed by atoms with Crippen LogP contribution < -0.4 is 4.74 Å². The quantitative estimate of drug-likeness (QED) is 0.747. The minimum Gasteiger partial charge on any atom is -0.494 e. The number of aromatic nitrogens is 2. The summed E-state index contributed by atoms with van der Waals surface area (Å²) in [5, 5.41) is 1.11. The zero-order valence-corrected chi connectivity index (χ0v) is 12.8. The van der Waals surface area contributed by atoms with Crippen molar-refractivity contribution in [1.82, 2.24) is 9.97 Å². The average molecular weight is 331 g/mol. The highest BCUT2D eigenvalue weighted by atomic mass is 79.9. The third kappa shape index (κ3) is 2.56. The lowest BCUT2D eigenvalue weighted by Crippen LogP contribution is -1.94. The third-order valence-corrected chi connectivity index (χ3v) is 3.57. The molecule has 0 saturated heterocycles. The number of pyridine rings is 1. The van der Waals surface area contributed by atoms with Gasteiger partial charge in [0.05, 0.1) is 6.61 Å². The van der Waals surface area contributed by atoms with Crippen LogP contribution in [0.25, 0.3) is 22.2 Å². The summed E-state index contributed by atoms with van der Waals surface area (Å²) >= 11 is 3.47. The minimum atomic E-state index is 0.753. The van der Waals surface area contributed by atoms with Crippen LogP contribution in [-0.4, -0.2) is 16.6 Å². The first-order valence-corrected chi connectivity index (χ1v) is 7.43. The van der Waals surface area contributed by atoms with Crippen molar-refractivity contribution in [2.24, 2.45) is 0 Å². The Morgan fingerprint density at radius 1 is 1.25 bits per heavy atom. The lowest BCUT2D eigenvalue weighted by Gasteiger charge is -2.05. The molecule has 3 aromatic rings. The summed E-state index contributed by atoms with van der Waals surface area (Å²) in [4.78, 5) is 7.56. The average Bonchev–Trinajstić information content (AvgIpc) is 2.88. The summed E-state index contributed by atoms with van der Waals surface area (Å²) in [5.41, 5.74) is 3.20. The summed E-state index contributed by atoms with van der Waals surface area (Å²) in [6, 6.07) is 10.3. The molecule has 1 aromatic carbocycles. The largest absolute Gasteiger partial charge is 0.494 e. The van der Waals surface area contributed by atoms with E-state index in [1.54, 1.807) is 6.20 Å². The molecule has 0 fully saturated rings. The maximum Gasteiger partial charge on any atom is 0.137 e. The van der Waals surface area contributed by atoms with Crippen molar-refractivity contribution in [1.29, 1.82) is 0 Å². The Hall–Kier alpha value is -1.81. The number of fused-ring (bicyclic) bond motifs is 1. The Balaban J connectivity index is 1.96. The summed E-state index contributed by atoms with van der Waals surface area (Å²) in [7, 11) is 0. The second kappa shape index (κ2) is 5.67. The van der Waals surface area contributed by atoms with Gasteiger partial charge in [-0.05, 0) is 46.1 Å². The normalized spacial score (nSPS) is 10.9. The van der Waals surface area contributed by atoms with Gasteiger partial charge in [0.15, 0.2) is 0 Å². The Morgan fingerprint density at radius 2 is 2.05 bits per heavy atom. The second-order valence-electron chi connectivity index (χ2n) is 4.62. The van der Waals surface area contributed by atoms with Crippen LogP contribution in [0.1, 0.15) is 13.3 Å². The Bertz CT molecular complexity index is 719. The molecule has 0 saturated carbocycles. The number of hydrogen-bond donors (Lipinski definition) is 1. The molecular formula is C16H15BrN2O. The maximum atomic E-state index is 5.61. The number of hydrogen-bond acceptors (Lipinski definition) is 2. The minimum absolute atomic E-state index is 0.753. The topological polar surface area (TPSA) is 37.9 Å². The first-order chi connectivity index (χ1) is 9.78. The van der Waals surface area contributed by atoms with Gasteiger partial charge in [0.2, 0.25) is 0 Å². The van der Waals surface area contributed by atoms with Crippen LogP contribution in [0.2, 0.25) is 0 Å². The van der Waals surface area contributed by atoms with Crippen molar-refractivity contribution in [2.75, 3.05) is 6.61 Å². The number of nitrogens with zero attached hydrogens (tertiary/aromatic N) is 1. The van der Waals surface area contributed by atoms with Gasteiger partial charge in [0.1, 0.15) is 11.4 Å². The number of H-pyrrole nitrogens is 1. The van der Waals surface area contributed by atoms with Gasteiger partial charge >= 0.3 is 0 Å². The predicted molar refractivity (Wildman–Crippen MR) is 85.0 cm³/mol. The number of halogens is 1. The molecule has 0 aliphatic rings. The van der Waals surface area contributed by atoms with E-state index in [0.29, 0.717) is 0 Å². The fourth-order valence-corrected chi connectivity index (χ4v) is 2.50. The van der Waals surface area contributed by atoms with Gasteiger partial charge in [0.25, 0.3) is 0 Å². The lowest BCUT2D eigenvalue weighted by molar-refractivity contribution is 0.317. The van der Waals surface area contributed by atoms with Crippen LogP contribution in [0, 0.1) is 0 Å². The summed E-state index contributed by atoms with van der Waals surface area (Å²) < 4.78 is 6.59. The van der Waals surface area contributed by atoms with Crippen molar-refractivity contribution < 1.29 is 4.74 Å². The van der Waals surface area contributed by atoms with Gasteiger partial charge in [0, 0.05) is 27.8 Å². The van der Waals surface area contributed by atoms with Gasteiger partial charge in [-0.15, -0.1) is 0 Å². The molecule has 3 rings (SSSR count). The maximum absolute atomic E-state index is 5.61. The first kappa shape index (κ1) is 13.2. The molecule has 20 heavy (non-hydrogen) atoms. The molecule has 1 N–H and O–H groups in total. The Kier molecular flexibility index (Phi) is 3.74. The molecule has 0 atom stereocenters. The van der Waals surface area contributed by atoms with E-state index < -0.39 is 0 Å². The molecule has 0 amide bonds. The Labute approximate surface area is 126 Å². The standard InChI is InChI=1S/C16H15BrN2O/c1-2-7-20-13-5-3-11(4-6-13)15-10-19-16-14(15)8-12(17)9-18-16/h3-6,8-10H,2,7H2,1H3,(H,18,19). The second-order valence-corrected chi connectivity index (χ2v) is 5.54. The molecule has 2 aromatic heterocycles. The number of benzene rings is 1. The van der Waals surface area contributed by atoms with Crippen LogP contribution in [0.3, 0.4) is 0 Å². The van der Waals surface area contributed by atoms with Gasteiger partial charge < -0.3 is 9.72 Å².